The number of carbonyl (C=O) groups is 3. The van der Waals surface area contributed by atoms with Gasteiger partial charge in [0.1, 0.15) is 5.54 Å². The molecule has 31 heavy (non-hydrogen) atoms. The van der Waals surface area contributed by atoms with Gasteiger partial charge in [-0.15, -0.1) is 0 Å². The lowest BCUT2D eigenvalue weighted by Gasteiger charge is -2.22. The van der Waals surface area contributed by atoms with Crippen LogP contribution in [0.2, 0.25) is 0 Å². The van der Waals surface area contributed by atoms with Crippen molar-refractivity contribution in [2.75, 3.05) is 6.54 Å². The second kappa shape index (κ2) is 7.73. The Morgan fingerprint density at radius 1 is 1.13 bits per heavy atom. The van der Waals surface area contributed by atoms with Crippen molar-refractivity contribution in [2.24, 2.45) is 0 Å². The van der Waals surface area contributed by atoms with E-state index in [1.54, 1.807) is 13.1 Å². The van der Waals surface area contributed by atoms with Crippen LogP contribution >= 0.6 is 0 Å². The number of nitriles is 1. The Morgan fingerprint density at radius 2 is 1.84 bits per heavy atom. The molecule has 0 spiro atoms. The summed E-state index contributed by atoms with van der Waals surface area (Å²) in [5.41, 5.74) is 1.76. The van der Waals surface area contributed by atoms with E-state index in [0.29, 0.717) is 24.1 Å². The lowest BCUT2D eigenvalue weighted by atomic mass is 9.91. The Hall–Kier alpha value is -3.92. The summed E-state index contributed by atoms with van der Waals surface area (Å²) in [6.07, 6.45) is 2.01. The summed E-state index contributed by atoms with van der Waals surface area (Å²) in [5.74, 6) is -0.786. The minimum Gasteiger partial charge on any atom is -0.346 e. The van der Waals surface area contributed by atoms with Crippen molar-refractivity contribution in [3.8, 4) is 6.07 Å². The van der Waals surface area contributed by atoms with Crippen LogP contribution in [0.1, 0.15) is 34.8 Å². The van der Waals surface area contributed by atoms with E-state index in [1.165, 1.54) is 0 Å². The first-order chi connectivity index (χ1) is 14.8. The highest BCUT2D eigenvalue weighted by atomic mass is 16.2. The number of nitrogens with zero attached hydrogens (tertiary/aromatic N) is 3. The van der Waals surface area contributed by atoms with Gasteiger partial charge in [0.05, 0.1) is 19.0 Å². The van der Waals surface area contributed by atoms with Gasteiger partial charge >= 0.3 is 6.03 Å². The number of fused-ring (bicyclic) bond motifs is 1. The number of aromatic nitrogens is 1. The average molecular weight is 414 g/mol. The minimum atomic E-state index is -1.22. The van der Waals surface area contributed by atoms with Gasteiger partial charge in [0.15, 0.2) is 5.78 Å². The minimum absolute atomic E-state index is 0.314. The van der Waals surface area contributed by atoms with Crippen molar-refractivity contribution in [1.82, 2.24) is 14.8 Å². The molecule has 7 heteroatoms. The SMILES string of the molecule is Cc1ccc([C@@]2(C)NC(=O)N(CC(=O)c3cn(CCC#N)c4ccccc34)C2=O)cc1. The number of para-hydroxylation sites is 1. The van der Waals surface area contributed by atoms with Gasteiger partial charge in [-0.25, -0.2) is 4.79 Å². The van der Waals surface area contributed by atoms with E-state index in [-0.39, 0.29) is 12.3 Å². The van der Waals surface area contributed by atoms with Gasteiger partial charge in [0.2, 0.25) is 0 Å². The molecule has 1 saturated heterocycles. The summed E-state index contributed by atoms with van der Waals surface area (Å²) in [6.45, 7) is 3.70. The Bertz CT molecular complexity index is 1240. The van der Waals surface area contributed by atoms with Crippen LogP contribution in [0.5, 0.6) is 0 Å². The van der Waals surface area contributed by atoms with E-state index >= 15 is 0 Å². The topological polar surface area (TPSA) is 95.2 Å². The second-order valence-electron chi connectivity index (χ2n) is 7.90. The van der Waals surface area contributed by atoms with Crippen LogP contribution < -0.4 is 5.32 Å². The molecule has 0 bridgehead atoms. The number of amides is 3. The molecule has 7 nitrogen and oxygen atoms in total. The average Bonchev–Trinajstić information content (AvgIpc) is 3.23. The number of nitrogens with one attached hydrogen (secondary N) is 1. The number of hydrogen-bond acceptors (Lipinski definition) is 4. The largest absolute Gasteiger partial charge is 0.346 e. The number of rotatable bonds is 6. The fourth-order valence-electron chi connectivity index (χ4n) is 3.98. The highest BCUT2D eigenvalue weighted by molar-refractivity contribution is 6.14. The predicted molar refractivity (Wildman–Crippen MR) is 115 cm³/mol. The summed E-state index contributed by atoms with van der Waals surface area (Å²) < 4.78 is 1.86. The van der Waals surface area contributed by atoms with Crippen molar-refractivity contribution in [3.05, 3.63) is 71.4 Å². The number of aryl methyl sites for hydroxylation is 2. The quantitative estimate of drug-likeness (QED) is 0.493. The van der Waals surface area contributed by atoms with Crippen LogP contribution in [0.25, 0.3) is 10.9 Å². The van der Waals surface area contributed by atoms with Crippen LogP contribution in [-0.4, -0.2) is 33.7 Å². The summed E-state index contributed by atoms with van der Waals surface area (Å²) in [7, 11) is 0. The number of carbonyl (C=O) groups excluding carboxylic acids is 3. The van der Waals surface area contributed by atoms with E-state index in [9.17, 15) is 14.4 Å². The molecule has 3 amide bonds. The van der Waals surface area contributed by atoms with E-state index in [0.717, 1.165) is 21.4 Å². The number of benzene rings is 2. The third-order valence-electron chi connectivity index (χ3n) is 5.76. The van der Waals surface area contributed by atoms with Gasteiger partial charge in [-0.1, -0.05) is 48.0 Å². The van der Waals surface area contributed by atoms with Crippen LogP contribution in [0.3, 0.4) is 0 Å². The Kier molecular flexibility index (Phi) is 5.07. The molecule has 1 N–H and O–H groups in total. The maximum atomic E-state index is 13.1. The van der Waals surface area contributed by atoms with Gasteiger partial charge < -0.3 is 9.88 Å². The number of Topliss-reactive ketones (excluding diaryl/α,β-unsaturated/α-hetero) is 1. The first-order valence-electron chi connectivity index (χ1n) is 10.0. The first kappa shape index (κ1) is 20.4. The molecule has 0 unspecified atom stereocenters. The van der Waals surface area contributed by atoms with Crippen molar-refractivity contribution in [3.63, 3.8) is 0 Å². The van der Waals surface area contributed by atoms with Crippen LogP contribution in [-0.2, 0) is 16.9 Å². The number of ketones is 1. The molecule has 1 aromatic heterocycles. The van der Waals surface area contributed by atoms with E-state index < -0.39 is 17.5 Å². The van der Waals surface area contributed by atoms with Gasteiger partial charge in [-0.05, 0) is 25.5 Å². The molecule has 1 atom stereocenters. The Morgan fingerprint density at radius 3 is 2.55 bits per heavy atom. The third kappa shape index (κ3) is 3.46. The fourth-order valence-corrected chi connectivity index (χ4v) is 3.98. The summed E-state index contributed by atoms with van der Waals surface area (Å²) >= 11 is 0. The monoisotopic (exact) mass is 414 g/mol. The lowest BCUT2D eigenvalue weighted by Crippen LogP contribution is -2.41. The van der Waals surface area contributed by atoms with Gasteiger partial charge in [-0.2, -0.15) is 5.26 Å². The maximum absolute atomic E-state index is 13.1. The van der Waals surface area contributed by atoms with E-state index in [2.05, 4.69) is 11.4 Å². The normalized spacial score (nSPS) is 18.3. The molecule has 2 aromatic carbocycles. The highest BCUT2D eigenvalue weighted by Crippen LogP contribution is 2.30. The number of hydrogen-bond donors (Lipinski definition) is 1. The Labute approximate surface area is 179 Å². The van der Waals surface area contributed by atoms with Gasteiger partial charge in [0, 0.05) is 29.2 Å². The molecule has 4 rings (SSSR count). The molecule has 1 fully saturated rings. The molecular formula is C24H22N4O3. The summed E-state index contributed by atoms with van der Waals surface area (Å²) in [6, 6.07) is 16.3. The highest BCUT2D eigenvalue weighted by Gasteiger charge is 2.49. The lowest BCUT2D eigenvalue weighted by molar-refractivity contribution is -0.130. The third-order valence-corrected chi connectivity index (χ3v) is 5.76. The van der Waals surface area contributed by atoms with Crippen molar-refractivity contribution in [1.29, 1.82) is 5.26 Å². The zero-order chi connectivity index (χ0) is 22.2. The number of urea groups is 1. The summed E-state index contributed by atoms with van der Waals surface area (Å²) in [5, 5.41) is 12.4. The molecule has 0 aliphatic carbocycles. The molecule has 0 saturated carbocycles. The molecule has 156 valence electrons. The van der Waals surface area contributed by atoms with Crippen molar-refractivity contribution < 1.29 is 14.4 Å². The van der Waals surface area contributed by atoms with Crippen molar-refractivity contribution >= 4 is 28.6 Å². The predicted octanol–water partition coefficient (Wildman–Crippen LogP) is 3.51. The standard InChI is InChI=1S/C24H22N4O3/c1-16-8-10-17(11-9-16)24(2)22(30)28(23(31)26-24)15-21(29)19-14-27(13-5-12-25)20-7-4-3-6-18(19)20/h3-4,6-11,14H,5,13,15H2,1-2H3,(H,26,31)/t24-/m1/s1. The smallest absolute Gasteiger partial charge is 0.325 e. The number of imide groups is 1. The van der Waals surface area contributed by atoms with Gasteiger partial charge in [0.25, 0.3) is 5.91 Å². The Balaban J connectivity index is 1.62. The van der Waals surface area contributed by atoms with E-state index in [4.69, 9.17) is 5.26 Å². The van der Waals surface area contributed by atoms with Crippen molar-refractivity contribution in [2.45, 2.75) is 32.4 Å². The van der Waals surface area contributed by atoms with Crippen LogP contribution in [0.4, 0.5) is 4.79 Å². The molecular weight excluding hydrogens is 392 g/mol. The molecule has 1 aliphatic rings. The van der Waals surface area contributed by atoms with E-state index in [1.807, 2.05) is 60.0 Å². The first-order valence-corrected chi connectivity index (χ1v) is 10.0. The zero-order valence-electron chi connectivity index (χ0n) is 17.4. The van der Waals surface area contributed by atoms with Crippen LogP contribution in [0, 0.1) is 18.3 Å². The molecule has 0 radical (unpaired) electrons. The molecule has 1 aliphatic heterocycles. The summed E-state index contributed by atoms with van der Waals surface area (Å²) in [4.78, 5) is 39.9. The molecule has 2 heterocycles. The molecule has 3 aromatic rings. The fraction of sp³-hybridized carbons (Fsp3) is 0.250. The zero-order valence-corrected chi connectivity index (χ0v) is 17.4. The van der Waals surface area contributed by atoms with Gasteiger partial charge in [-0.3, -0.25) is 14.5 Å². The van der Waals surface area contributed by atoms with Crippen LogP contribution in [0.15, 0.2) is 54.7 Å². The maximum Gasteiger partial charge on any atom is 0.325 e. The second-order valence-corrected chi connectivity index (χ2v) is 7.90.